The lowest BCUT2D eigenvalue weighted by Gasteiger charge is -2.26. The van der Waals surface area contributed by atoms with E-state index in [4.69, 9.17) is 4.74 Å². The molecule has 1 aromatic rings. The van der Waals surface area contributed by atoms with Crippen molar-refractivity contribution in [3.05, 3.63) is 29.3 Å². The van der Waals surface area contributed by atoms with E-state index in [1.54, 1.807) is 17.9 Å². The first-order chi connectivity index (χ1) is 12.8. The van der Waals surface area contributed by atoms with Gasteiger partial charge in [0.05, 0.1) is 24.7 Å². The number of amides is 2. The standard InChI is InChI=1S/C18H27N3O5S/c1-4-20(5-2)17(22)13-19-18(23)16-12-15(7-6-14(16)3)27(24,25)21-8-10-26-11-9-21/h6-7,12H,4-5,8-11,13H2,1-3H3,(H,19,23). The minimum atomic E-state index is -3.69. The molecule has 1 fully saturated rings. The second-order valence-electron chi connectivity index (χ2n) is 6.24. The molecule has 1 aliphatic rings. The van der Waals surface area contributed by atoms with Crippen LogP contribution in [0.2, 0.25) is 0 Å². The van der Waals surface area contributed by atoms with E-state index < -0.39 is 15.9 Å². The number of benzene rings is 1. The highest BCUT2D eigenvalue weighted by Gasteiger charge is 2.27. The number of sulfonamides is 1. The zero-order valence-electron chi connectivity index (χ0n) is 16.0. The van der Waals surface area contributed by atoms with Gasteiger partial charge in [-0.2, -0.15) is 4.31 Å². The number of rotatable bonds is 7. The maximum Gasteiger partial charge on any atom is 0.252 e. The van der Waals surface area contributed by atoms with Crippen LogP contribution in [0.5, 0.6) is 0 Å². The summed E-state index contributed by atoms with van der Waals surface area (Å²) in [6, 6.07) is 4.48. The van der Waals surface area contributed by atoms with Crippen LogP contribution in [0.15, 0.2) is 23.1 Å². The van der Waals surface area contributed by atoms with Crippen molar-refractivity contribution in [1.82, 2.24) is 14.5 Å². The number of hydrogen-bond donors (Lipinski definition) is 1. The van der Waals surface area contributed by atoms with Crippen LogP contribution in [0.3, 0.4) is 0 Å². The summed E-state index contributed by atoms with van der Waals surface area (Å²) in [5, 5.41) is 2.59. The molecule has 0 aromatic heterocycles. The maximum atomic E-state index is 12.8. The van der Waals surface area contributed by atoms with Crippen LogP contribution in [0.1, 0.15) is 29.8 Å². The zero-order valence-corrected chi connectivity index (χ0v) is 16.8. The van der Waals surface area contributed by atoms with Crippen LogP contribution in [-0.2, 0) is 19.6 Å². The Hall–Kier alpha value is -1.97. The molecule has 150 valence electrons. The average molecular weight is 397 g/mol. The Morgan fingerprint density at radius 3 is 2.41 bits per heavy atom. The summed E-state index contributed by atoms with van der Waals surface area (Å²) in [5.41, 5.74) is 0.889. The summed E-state index contributed by atoms with van der Waals surface area (Å²) >= 11 is 0. The van der Waals surface area contributed by atoms with Crippen LogP contribution >= 0.6 is 0 Å². The molecule has 0 bridgehead atoms. The molecule has 0 radical (unpaired) electrons. The topological polar surface area (TPSA) is 96.0 Å². The van der Waals surface area contributed by atoms with Crippen molar-refractivity contribution < 1.29 is 22.7 Å². The number of carbonyl (C=O) groups is 2. The third-order valence-electron chi connectivity index (χ3n) is 4.58. The first-order valence-corrected chi connectivity index (χ1v) is 10.5. The third kappa shape index (κ3) is 5.06. The number of morpholine rings is 1. The smallest absolute Gasteiger partial charge is 0.252 e. The van der Waals surface area contributed by atoms with Gasteiger partial charge in [-0.3, -0.25) is 9.59 Å². The van der Waals surface area contributed by atoms with Crippen molar-refractivity contribution in [2.45, 2.75) is 25.7 Å². The van der Waals surface area contributed by atoms with Crippen molar-refractivity contribution in [1.29, 1.82) is 0 Å². The second-order valence-corrected chi connectivity index (χ2v) is 8.18. The van der Waals surface area contributed by atoms with Gasteiger partial charge in [0.15, 0.2) is 0 Å². The molecule has 1 saturated heterocycles. The second kappa shape index (κ2) is 9.29. The quantitative estimate of drug-likeness (QED) is 0.727. The fraction of sp³-hybridized carbons (Fsp3) is 0.556. The van der Waals surface area contributed by atoms with Crippen LogP contribution in [0.4, 0.5) is 0 Å². The molecule has 1 heterocycles. The van der Waals surface area contributed by atoms with Gasteiger partial charge in [-0.05, 0) is 38.5 Å². The highest BCUT2D eigenvalue weighted by Crippen LogP contribution is 2.20. The molecule has 1 aliphatic heterocycles. The van der Waals surface area contributed by atoms with Crippen LogP contribution in [0, 0.1) is 6.92 Å². The zero-order chi connectivity index (χ0) is 20.0. The van der Waals surface area contributed by atoms with Gasteiger partial charge in [-0.1, -0.05) is 6.07 Å². The lowest BCUT2D eigenvalue weighted by molar-refractivity contribution is -0.129. The summed E-state index contributed by atoms with van der Waals surface area (Å²) in [6.07, 6.45) is 0. The first kappa shape index (κ1) is 21.3. The maximum absolute atomic E-state index is 12.8. The molecular weight excluding hydrogens is 370 g/mol. The minimum absolute atomic E-state index is 0.0650. The van der Waals surface area contributed by atoms with Crippen molar-refractivity contribution in [3.8, 4) is 0 Å². The molecule has 0 spiro atoms. The van der Waals surface area contributed by atoms with E-state index in [0.29, 0.717) is 31.9 Å². The molecule has 0 atom stereocenters. The summed E-state index contributed by atoms with van der Waals surface area (Å²) in [7, 11) is -3.69. The van der Waals surface area contributed by atoms with E-state index in [1.165, 1.54) is 16.4 Å². The molecule has 0 unspecified atom stereocenters. The predicted molar refractivity (Wildman–Crippen MR) is 101 cm³/mol. The first-order valence-electron chi connectivity index (χ1n) is 9.05. The monoisotopic (exact) mass is 397 g/mol. The molecule has 8 nitrogen and oxygen atoms in total. The van der Waals surface area contributed by atoms with E-state index in [2.05, 4.69) is 5.32 Å². The highest BCUT2D eigenvalue weighted by atomic mass is 32.2. The molecule has 2 amide bonds. The van der Waals surface area contributed by atoms with Crippen molar-refractivity contribution in [3.63, 3.8) is 0 Å². The lowest BCUT2D eigenvalue weighted by Crippen LogP contribution is -2.41. The van der Waals surface area contributed by atoms with E-state index in [1.807, 2.05) is 13.8 Å². The molecule has 1 N–H and O–H groups in total. The third-order valence-corrected chi connectivity index (χ3v) is 6.47. The molecule has 1 aromatic carbocycles. The Bertz CT molecular complexity index is 784. The number of likely N-dealkylation sites (N-methyl/N-ethyl adjacent to an activating group) is 1. The van der Waals surface area contributed by atoms with Gasteiger partial charge >= 0.3 is 0 Å². The van der Waals surface area contributed by atoms with E-state index in [-0.39, 0.29) is 36.0 Å². The Labute approximate surface area is 160 Å². The summed E-state index contributed by atoms with van der Waals surface area (Å²) in [4.78, 5) is 26.3. The molecule has 2 rings (SSSR count). The number of carbonyl (C=O) groups excluding carboxylic acids is 2. The summed E-state index contributed by atoms with van der Waals surface area (Å²) in [5.74, 6) is -0.643. The van der Waals surface area contributed by atoms with Gasteiger partial charge < -0.3 is 15.0 Å². The normalized spacial score (nSPS) is 15.4. The van der Waals surface area contributed by atoms with Gasteiger partial charge in [0.2, 0.25) is 15.9 Å². The number of ether oxygens (including phenoxy) is 1. The Morgan fingerprint density at radius 1 is 1.19 bits per heavy atom. The molecule has 0 aliphatic carbocycles. The SMILES string of the molecule is CCN(CC)C(=O)CNC(=O)c1cc(S(=O)(=O)N2CCOCC2)ccc1C. The minimum Gasteiger partial charge on any atom is -0.379 e. The molecule has 27 heavy (non-hydrogen) atoms. The van der Waals surface area contributed by atoms with Crippen molar-refractivity contribution >= 4 is 21.8 Å². The van der Waals surface area contributed by atoms with Crippen LogP contribution in [0.25, 0.3) is 0 Å². The number of hydrogen-bond acceptors (Lipinski definition) is 5. The Morgan fingerprint density at radius 2 is 1.81 bits per heavy atom. The highest BCUT2D eigenvalue weighted by molar-refractivity contribution is 7.89. The number of aryl methyl sites for hydroxylation is 1. The lowest BCUT2D eigenvalue weighted by atomic mass is 10.1. The fourth-order valence-corrected chi connectivity index (χ4v) is 4.32. The van der Waals surface area contributed by atoms with Gasteiger partial charge in [0.25, 0.3) is 5.91 Å². The van der Waals surface area contributed by atoms with E-state index in [9.17, 15) is 18.0 Å². The Balaban J connectivity index is 2.16. The van der Waals surface area contributed by atoms with Gasteiger partial charge in [0.1, 0.15) is 0 Å². The summed E-state index contributed by atoms with van der Waals surface area (Å²) in [6.45, 7) is 7.76. The average Bonchev–Trinajstić information content (AvgIpc) is 2.68. The molecule has 9 heteroatoms. The van der Waals surface area contributed by atoms with Crippen molar-refractivity contribution in [2.24, 2.45) is 0 Å². The largest absolute Gasteiger partial charge is 0.379 e. The fourth-order valence-electron chi connectivity index (χ4n) is 2.88. The van der Waals surface area contributed by atoms with Crippen molar-refractivity contribution in [2.75, 3.05) is 45.9 Å². The van der Waals surface area contributed by atoms with Crippen LogP contribution < -0.4 is 5.32 Å². The van der Waals surface area contributed by atoms with Gasteiger partial charge in [0, 0.05) is 31.7 Å². The van der Waals surface area contributed by atoms with E-state index in [0.717, 1.165) is 0 Å². The number of nitrogens with zero attached hydrogens (tertiary/aromatic N) is 2. The Kier molecular flexibility index (Phi) is 7.34. The predicted octanol–water partition coefficient (Wildman–Crippen LogP) is 0.614. The van der Waals surface area contributed by atoms with Gasteiger partial charge in [-0.15, -0.1) is 0 Å². The van der Waals surface area contributed by atoms with Gasteiger partial charge in [-0.25, -0.2) is 8.42 Å². The molecule has 0 saturated carbocycles. The van der Waals surface area contributed by atoms with Crippen LogP contribution in [-0.4, -0.2) is 75.4 Å². The molecular formula is C18H27N3O5S. The summed E-state index contributed by atoms with van der Waals surface area (Å²) < 4.78 is 32.1. The number of nitrogens with one attached hydrogen (secondary N) is 1. The van der Waals surface area contributed by atoms with E-state index >= 15 is 0 Å².